The highest BCUT2D eigenvalue weighted by atomic mass is 16.5. The van der Waals surface area contributed by atoms with E-state index in [-0.39, 0.29) is 17.6 Å². The van der Waals surface area contributed by atoms with Gasteiger partial charge >= 0.3 is 0 Å². The van der Waals surface area contributed by atoms with Gasteiger partial charge in [-0.05, 0) is 131 Å². The molecule has 0 radical (unpaired) electrons. The number of methoxy groups -OCH3 is 2. The second-order valence-electron chi connectivity index (χ2n) is 19.0. The highest BCUT2D eigenvalue weighted by molar-refractivity contribution is 6.23. The SMILES string of the molecule is C=C1CCC(N2C(=O)c3ccc(OC4CC5(CCN(CC6CCN(Cc7c(OC)cc(-c8cn(C)c(=O)c9cnc(N%10CCOCC%10)cc89)cc7OC)CC6)CC5)C4)cc3C2=O)C(=O)N1. The number of ether oxygens (including phenoxy) is 4. The third-order valence-corrected chi connectivity index (χ3v) is 15.0. The molecule has 2 aromatic carbocycles. The second kappa shape index (κ2) is 17.6. The Morgan fingerprint density at radius 2 is 1.54 bits per heavy atom. The molecule has 5 aliphatic heterocycles. The Hall–Kier alpha value is -5.77. The number of amides is 3. The number of nitrogens with one attached hydrogen (secondary N) is 1. The monoisotopic (exact) mass is 885 g/mol. The first-order chi connectivity index (χ1) is 31.5. The number of anilines is 1. The maximum atomic E-state index is 13.4. The highest BCUT2D eigenvalue weighted by Gasteiger charge is 2.48. The minimum Gasteiger partial charge on any atom is -0.496 e. The van der Waals surface area contributed by atoms with Gasteiger partial charge in [-0.3, -0.25) is 29.0 Å². The van der Waals surface area contributed by atoms with Gasteiger partial charge in [0, 0.05) is 62.3 Å². The number of hydrogen-bond acceptors (Lipinski definition) is 12. The van der Waals surface area contributed by atoms with Crippen LogP contribution in [0.25, 0.3) is 21.9 Å². The molecule has 7 heterocycles. The van der Waals surface area contributed by atoms with Crippen LogP contribution in [0.4, 0.5) is 5.82 Å². The van der Waals surface area contributed by atoms with Crippen LogP contribution in [0.2, 0.25) is 0 Å². The predicted molar refractivity (Wildman–Crippen MR) is 246 cm³/mol. The van der Waals surface area contributed by atoms with E-state index in [1.807, 2.05) is 12.3 Å². The Bertz CT molecular complexity index is 2570. The Morgan fingerprint density at radius 3 is 2.23 bits per heavy atom. The third kappa shape index (κ3) is 8.27. The molecule has 1 aliphatic carbocycles. The molecule has 10 rings (SSSR count). The van der Waals surface area contributed by atoms with Crippen LogP contribution in [0.3, 0.4) is 0 Å². The van der Waals surface area contributed by atoms with E-state index >= 15 is 0 Å². The van der Waals surface area contributed by atoms with Crippen molar-refractivity contribution in [3.8, 4) is 28.4 Å². The van der Waals surface area contributed by atoms with Crippen LogP contribution in [0.5, 0.6) is 17.2 Å². The molecular weight excluding hydrogens is 827 g/mol. The molecule has 1 atom stereocenters. The molecule has 1 saturated carbocycles. The summed E-state index contributed by atoms with van der Waals surface area (Å²) in [7, 11) is 5.20. The molecule has 4 aromatic rings. The van der Waals surface area contributed by atoms with E-state index in [9.17, 15) is 19.2 Å². The van der Waals surface area contributed by atoms with Gasteiger partial charge in [-0.1, -0.05) is 6.58 Å². The van der Waals surface area contributed by atoms with Gasteiger partial charge in [-0.25, -0.2) is 4.98 Å². The number of hydrogen-bond donors (Lipinski definition) is 1. The first kappa shape index (κ1) is 43.1. The van der Waals surface area contributed by atoms with Gasteiger partial charge < -0.3 is 38.6 Å². The number of pyridine rings is 2. The van der Waals surface area contributed by atoms with Gasteiger partial charge in [0.25, 0.3) is 17.4 Å². The van der Waals surface area contributed by atoms with Crippen molar-refractivity contribution < 1.29 is 33.3 Å². The van der Waals surface area contributed by atoms with Gasteiger partial charge in [-0.2, -0.15) is 0 Å². The molecule has 1 unspecified atom stereocenters. The number of nitrogens with zero attached hydrogens (tertiary/aromatic N) is 6. The van der Waals surface area contributed by atoms with E-state index in [2.05, 4.69) is 43.7 Å². The van der Waals surface area contributed by atoms with Gasteiger partial charge in [0.15, 0.2) is 0 Å². The molecule has 3 amide bonds. The topological polar surface area (TPSA) is 148 Å². The molecule has 0 bridgehead atoms. The number of carbonyl (C=O) groups is 3. The third-order valence-electron chi connectivity index (χ3n) is 15.0. The Morgan fingerprint density at radius 1 is 0.831 bits per heavy atom. The van der Waals surface area contributed by atoms with E-state index in [0.717, 1.165) is 135 Å². The Balaban J connectivity index is 0.717. The lowest BCUT2D eigenvalue weighted by molar-refractivity contribution is -0.125. The van der Waals surface area contributed by atoms with Crippen molar-refractivity contribution in [1.82, 2.24) is 29.6 Å². The number of benzene rings is 2. The van der Waals surface area contributed by atoms with Gasteiger partial charge in [0.05, 0.1) is 55.6 Å². The number of fused-ring (bicyclic) bond motifs is 2. The number of rotatable bonds is 11. The molecule has 15 nitrogen and oxygen atoms in total. The molecule has 1 spiro atoms. The molecule has 65 heavy (non-hydrogen) atoms. The number of imide groups is 1. The van der Waals surface area contributed by atoms with Crippen LogP contribution in [-0.2, 0) is 23.1 Å². The number of carbonyl (C=O) groups excluding carboxylic acids is 3. The van der Waals surface area contributed by atoms with Gasteiger partial charge in [0.2, 0.25) is 5.91 Å². The van der Waals surface area contributed by atoms with E-state index in [0.29, 0.717) is 65.3 Å². The summed E-state index contributed by atoms with van der Waals surface area (Å²) < 4.78 is 25.7. The maximum absolute atomic E-state index is 13.4. The Labute approximate surface area is 379 Å². The molecule has 342 valence electrons. The lowest BCUT2D eigenvalue weighted by atomic mass is 9.61. The fourth-order valence-corrected chi connectivity index (χ4v) is 11.2. The van der Waals surface area contributed by atoms with Crippen molar-refractivity contribution >= 4 is 34.3 Å². The predicted octanol–water partition coefficient (Wildman–Crippen LogP) is 5.38. The zero-order valence-corrected chi connectivity index (χ0v) is 37.7. The molecule has 1 N–H and O–H groups in total. The number of aryl methyl sites for hydroxylation is 1. The van der Waals surface area contributed by atoms with Crippen LogP contribution in [0.15, 0.2) is 65.9 Å². The minimum atomic E-state index is -0.829. The first-order valence-corrected chi connectivity index (χ1v) is 23.2. The van der Waals surface area contributed by atoms with Crippen molar-refractivity contribution in [2.75, 3.05) is 78.1 Å². The second-order valence-corrected chi connectivity index (χ2v) is 19.0. The normalized spacial score (nSPS) is 22.0. The Kier molecular flexibility index (Phi) is 11.7. The molecule has 2 aromatic heterocycles. The lowest BCUT2D eigenvalue weighted by Gasteiger charge is -2.52. The summed E-state index contributed by atoms with van der Waals surface area (Å²) in [5.41, 5.74) is 4.28. The van der Waals surface area contributed by atoms with Crippen LogP contribution in [-0.4, -0.2) is 127 Å². The van der Waals surface area contributed by atoms with Crippen molar-refractivity contribution in [2.45, 2.75) is 70.1 Å². The highest BCUT2D eigenvalue weighted by Crippen LogP contribution is 2.51. The van der Waals surface area contributed by atoms with Crippen molar-refractivity contribution in [3.63, 3.8) is 0 Å². The lowest BCUT2D eigenvalue weighted by Crippen LogP contribution is -2.51. The molecule has 4 saturated heterocycles. The minimum absolute atomic E-state index is 0.0793. The van der Waals surface area contributed by atoms with Crippen LogP contribution < -0.4 is 30.0 Å². The van der Waals surface area contributed by atoms with Crippen LogP contribution in [0.1, 0.15) is 77.6 Å². The quantitative estimate of drug-likeness (QED) is 0.193. The van der Waals surface area contributed by atoms with Crippen LogP contribution >= 0.6 is 0 Å². The average molecular weight is 886 g/mol. The summed E-state index contributed by atoms with van der Waals surface area (Å²) >= 11 is 0. The molecule has 5 fully saturated rings. The molecule has 15 heteroatoms. The largest absolute Gasteiger partial charge is 0.496 e. The summed E-state index contributed by atoms with van der Waals surface area (Å²) in [4.78, 5) is 65.5. The van der Waals surface area contributed by atoms with Gasteiger partial charge in [0.1, 0.15) is 29.1 Å². The summed E-state index contributed by atoms with van der Waals surface area (Å²) in [6.45, 7) is 12.7. The first-order valence-electron chi connectivity index (χ1n) is 23.2. The zero-order chi connectivity index (χ0) is 45.0. The fourth-order valence-electron chi connectivity index (χ4n) is 11.2. The van der Waals surface area contributed by atoms with Crippen molar-refractivity contribution in [1.29, 1.82) is 0 Å². The average Bonchev–Trinajstić information content (AvgIpc) is 3.55. The smallest absolute Gasteiger partial charge is 0.262 e. The number of piperidine rings is 3. The van der Waals surface area contributed by atoms with E-state index in [4.69, 9.17) is 18.9 Å². The van der Waals surface area contributed by atoms with E-state index in [1.54, 1.807) is 50.2 Å². The van der Waals surface area contributed by atoms with Crippen molar-refractivity contribution in [3.05, 3.63) is 88.1 Å². The van der Waals surface area contributed by atoms with Gasteiger partial charge in [-0.15, -0.1) is 0 Å². The number of aromatic nitrogens is 2. The summed E-state index contributed by atoms with van der Waals surface area (Å²) in [5, 5.41) is 4.10. The van der Waals surface area contributed by atoms with E-state index < -0.39 is 17.9 Å². The number of morpholine rings is 1. The molecular formula is C50H59N7O8. The number of allylic oxidation sites excluding steroid dienone is 1. The zero-order valence-electron chi connectivity index (χ0n) is 37.7. The fraction of sp³-hybridized carbons (Fsp3) is 0.500. The van der Waals surface area contributed by atoms with Crippen LogP contribution in [0, 0.1) is 11.3 Å². The number of likely N-dealkylation sites (tertiary alicyclic amines) is 2. The summed E-state index contributed by atoms with van der Waals surface area (Å²) in [6, 6.07) is 10.5. The maximum Gasteiger partial charge on any atom is 0.262 e. The summed E-state index contributed by atoms with van der Waals surface area (Å²) in [5.74, 6) is 2.37. The van der Waals surface area contributed by atoms with E-state index in [1.165, 1.54) is 0 Å². The summed E-state index contributed by atoms with van der Waals surface area (Å²) in [6.07, 6.45) is 11.1. The standard InChI is InChI=1S/C50H59N7O8/c1-31-5-8-42(46(58)52-31)57-48(60)36-7-6-34(23-38(36)49(57)61)65-35-25-50(26-35)11-15-55(16-12-50)28-32-9-13-54(14-10-32)30-41-43(62-3)21-33(22-44(41)63-4)40-29-53(2)47(59)39-27-51-45(24-37(39)40)56-17-19-64-20-18-56/h6-7,21-24,27,29,32,35,42H,1,5,8-20,25-26,28,30H2,2-4H3,(H,52,58). The van der Waals surface area contributed by atoms with Crippen molar-refractivity contribution in [2.24, 2.45) is 18.4 Å². The molecule has 6 aliphatic rings.